The Bertz CT molecular complexity index is 827. The minimum atomic E-state index is 0.131. The van der Waals surface area contributed by atoms with Crippen LogP contribution in [0.25, 0.3) is 22.0 Å². The van der Waals surface area contributed by atoms with Crippen molar-refractivity contribution in [2.75, 3.05) is 0 Å². The molecular formula is C20H21NO. The van der Waals surface area contributed by atoms with E-state index < -0.39 is 0 Å². The van der Waals surface area contributed by atoms with Crippen molar-refractivity contribution in [3.8, 4) is 11.1 Å². The molecule has 22 heavy (non-hydrogen) atoms. The first-order valence-corrected chi connectivity index (χ1v) is 7.60. The highest BCUT2D eigenvalue weighted by molar-refractivity contribution is 5.93. The number of fused-ring (bicyclic) bond motifs is 1. The Hall–Kier alpha value is -2.35. The summed E-state index contributed by atoms with van der Waals surface area (Å²) in [5.41, 5.74) is 5.35. The van der Waals surface area contributed by atoms with Crippen LogP contribution in [0.15, 0.2) is 54.7 Å². The van der Waals surface area contributed by atoms with Crippen molar-refractivity contribution in [3.63, 3.8) is 0 Å². The SMILES string of the molecule is Cc1cc[n+]([O-])c2c(-c3ccc(C(C)(C)C)cc3)cccc12. The van der Waals surface area contributed by atoms with Crippen molar-refractivity contribution in [2.24, 2.45) is 0 Å². The van der Waals surface area contributed by atoms with Gasteiger partial charge in [0.15, 0.2) is 6.20 Å². The maximum absolute atomic E-state index is 12.3. The summed E-state index contributed by atoms with van der Waals surface area (Å²) in [6.45, 7) is 8.65. The molecule has 3 aromatic rings. The summed E-state index contributed by atoms with van der Waals surface area (Å²) in [5, 5.41) is 13.3. The highest BCUT2D eigenvalue weighted by Gasteiger charge is 2.16. The van der Waals surface area contributed by atoms with Gasteiger partial charge in [0.05, 0.1) is 10.9 Å². The van der Waals surface area contributed by atoms with Crippen LogP contribution in [0.3, 0.4) is 0 Å². The molecule has 0 fully saturated rings. The van der Waals surface area contributed by atoms with E-state index in [2.05, 4.69) is 45.0 Å². The summed E-state index contributed by atoms with van der Waals surface area (Å²) in [4.78, 5) is 0. The Kier molecular flexibility index (Phi) is 3.40. The third-order valence-corrected chi connectivity index (χ3v) is 4.20. The van der Waals surface area contributed by atoms with Gasteiger partial charge in [-0.1, -0.05) is 51.1 Å². The van der Waals surface area contributed by atoms with Crippen LogP contribution in [0.5, 0.6) is 0 Å². The van der Waals surface area contributed by atoms with Gasteiger partial charge in [0.25, 0.3) is 0 Å². The lowest BCUT2D eigenvalue weighted by atomic mass is 9.86. The summed E-state index contributed by atoms with van der Waals surface area (Å²) in [7, 11) is 0. The molecule has 0 atom stereocenters. The van der Waals surface area contributed by atoms with Gasteiger partial charge in [0.1, 0.15) is 0 Å². The number of pyridine rings is 1. The van der Waals surface area contributed by atoms with E-state index in [-0.39, 0.29) is 5.41 Å². The van der Waals surface area contributed by atoms with E-state index >= 15 is 0 Å². The average Bonchev–Trinajstić information content (AvgIpc) is 2.50. The number of hydrogen-bond donors (Lipinski definition) is 0. The van der Waals surface area contributed by atoms with Crippen molar-refractivity contribution in [1.29, 1.82) is 0 Å². The lowest BCUT2D eigenvalue weighted by Crippen LogP contribution is -2.27. The number of aromatic nitrogens is 1. The topological polar surface area (TPSA) is 26.9 Å². The van der Waals surface area contributed by atoms with Crippen molar-refractivity contribution in [3.05, 3.63) is 71.1 Å². The fraction of sp³-hybridized carbons (Fsp3) is 0.250. The number of aryl methyl sites for hydroxylation is 1. The Balaban J connectivity index is 2.21. The molecule has 112 valence electrons. The fourth-order valence-electron chi connectivity index (χ4n) is 2.83. The standard InChI is InChI=1S/C20H21NO/c1-14-12-13-21(22)19-17(14)6-5-7-18(19)15-8-10-16(11-9-15)20(2,3)4/h5-13H,1-4H3. The summed E-state index contributed by atoms with van der Waals surface area (Å²) < 4.78 is 0.968. The van der Waals surface area contributed by atoms with E-state index in [9.17, 15) is 5.21 Å². The second-order valence-corrected chi connectivity index (χ2v) is 6.85. The molecule has 0 saturated carbocycles. The first-order valence-electron chi connectivity index (χ1n) is 7.60. The number of nitrogens with zero attached hydrogens (tertiary/aromatic N) is 1. The van der Waals surface area contributed by atoms with E-state index in [1.54, 1.807) is 6.20 Å². The zero-order valence-electron chi connectivity index (χ0n) is 13.6. The average molecular weight is 291 g/mol. The third kappa shape index (κ3) is 2.45. The predicted molar refractivity (Wildman–Crippen MR) is 91.8 cm³/mol. The molecule has 0 amide bonds. The Morgan fingerprint density at radius 3 is 2.23 bits per heavy atom. The van der Waals surface area contributed by atoms with Gasteiger partial charge in [-0.3, -0.25) is 0 Å². The molecule has 0 spiro atoms. The lowest BCUT2D eigenvalue weighted by Gasteiger charge is -2.19. The number of para-hydroxylation sites is 1. The van der Waals surface area contributed by atoms with Crippen LogP contribution in [0, 0.1) is 12.1 Å². The van der Waals surface area contributed by atoms with E-state index in [1.165, 1.54) is 5.56 Å². The van der Waals surface area contributed by atoms with Gasteiger partial charge < -0.3 is 5.21 Å². The Morgan fingerprint density at radius 1 is 0.909 bits per heavy atom. The Labute approximate surface area is 131 Å². The van der Waals surface area contributed by atoms with Crippen molar-refractivity contribution in [2.45, 2.75) is 33.1 Å². The van der Waals surface area contributed by atoms with Gasteiger partial charge in [0, 0.05) is 6.07 Å². The van der Waals surface area contributed by atoms with Gasteiger partial charge in [-0.15, -0.1) is 0 Å². The highest BCUT2D eigenvalue weighted by Crippen LogP contribution is 2.30. The molecule has 1 aromatic heterocycles. The third-order valence-electron chi connectivity index (χ3n) is 4.20. The molecule has 0 N–H and O–H groups in total. The van der Waals surface area contributed by atoms with Crippen LogP contribution in [0.2, 0.25) is 0 Å². The molecule has 2 heteroatoms. The maximum atomic E-state index is 12.3. The van der Waals surface area contributed by atoms with Crippen molar-refractivity contribution < 1.29 is 4.73 Å². The molecule has 0 radical (unpaired) electrons. The minimum absolute atomic E-state index is 0.131. The van der Waals surface area contributed by atoms with Crippen LogP contribution in [0.4, 0.5) is 0 Å². The van der Waals surface area contributed by atoms with Crippen LogP contribution >= 0.6 is 0 Å². The van der Waals surface area contributed by atoms with Gasteiger partial charge in [0.2, 0.25) is 5.52 Å². The number of rotatable bonds is 1. The van der Waals surface area contributed by atoms with Gasteiger partial charge in [-0.2, -0.15) is 4.73 Å². The number of benzene rings is 2. The highest BCUT2D eigenvalue weighted by atomic mass is 16.5. The molecule has 1 heterocycles. The molecular weight excluding hydrogens is 270 g/mol. The lowest BCUT2D eigenvalue weighted by molar-refractivity contribution is -0.576. The van der Waals surface area contributed by atoms with Crippen molar-refractivity contribution in [1.82, 2.24) is 0 Å². The zero-order valence-corrected chi connectivity index (χ0v) is 13.6. The minimum Gasteiger partial charge on any atom is -0.618 e. The summed E-state index contributed by atoms with van der Waals surface area (Å²) >= 11 is 0. The Morgan fingerprint density at radius 2 is 1.59 bits per heavy atom. The van der Waals surface area contributed by atoms with Crippen LogP contribution in [-0.4, -0.2) is 0 Å². The molecule has 0 aliphatic heterocycles. The molecule has 0 aliphatic rings. The molecule has 2 aromatic carbocycles. The van der Waals surface area contributed by atoms with E-state index in [0.717, 1.165) is 32.3 Å². The largest absolute Gasteiger partial charge is 0.618 e. The van der Waals surface area contributed by atoms with Crippen LogP contribution in [0.1, 0.15) is 31.9 Å². The normalized spacial score (nSPS) is 11.8. The molecule has 0 unspecified atom stereocenters. The van der Waals surface area contributed by atoms with Crippen LogP contribution < -0.4 is 4.73 Å². The first-order chi connectivity index (χ1) is 10.4. The van der Waals surface area contributed by atoms with Gasteiger partial charge >= 0.3 is 0 Å². The second-order valence-electron chi connectivity index (χ2n) is 6.85. The van der Waals surface area contributed by atoms with E-state index in [0.29, 0.717) is 0 Å². The number of hydrogen-bond acceptors (Lipinski definition) is 1. The molecule has 3 rings (SSSR count). The quantitative estimate of drug-likeness (QED) is 0.469. The van der Waals surface area contributed by atoms with Gasteiger partial charge in [-0.25, -0.2) is 0 Å². The molecule has 2 nitrogen and oxygen atoms in total. The first kappa shape index (κ1) is 14.6. The fourth-order valence-corrected chi connectivity index (χ4v) is 2.83. The second kappa shape index (κ2) is 5.13. The molecule has 0 aliphatic carbocycles. The summed E-state index contributed by atoms with van der Waals surface area (Å²) in [6.07, 6.45) is 1.59. The predicted octanol–water partition coefficient (Wildman–Crippen LogP) is 4.75. The molecule has 0 bridgehead atoms. The monoisotopic (exact) mass is 291 g/mol. The van der Waals surface area contributed by atoms with Gasteiger partial charge in [-0.05, 0) is 41.2 Å². The smallest absolute Gasteiger partial charge is 0.231 e. The van der Waals surface area contributed by atoms with E-state index in [1.807, 2.05) is 31.2 Å². The summed E-state index contributed by atoms with van der Waals surface area (Å²) in [6, 6.07) is 16.4. The zero-order chi connectivity index (χ0) is 15.9. The maximum Gasteiger partial charge on any atom is 0.231 e. The summed E-state index contributed by atoms with van der Waals surface area (Å²) in [5.74, 6) is 0. The molecule has 0 saturated heterocycles. The van der Waals surface area contributed by atoms with Crippen LogP contribution in [-0.2, 0) is 5.41 Å². The van der Waals surface area contributed by atoms with Crippen molar-refractivity contribution >= 4 is 10.9 Å². The van der Waals surface area contributed by atoms with E-state index in [4.69, 9.17) is 0 Å².